The van der Waals surface area contributed by atoms with Crippen LogP contribution in [0.2, 0.25) is 0 Å². The number of aryl methyl sites for hydroxylation is 1. The zero-order valence-electron chi connectivity index (χ0n) is 19.3. The Morgan fingerprint density at radius 3 is 2.86 bits per heavy atom. The number of rotatable bonds is 6. The molecule has 0 aromatic carbocycles. The lowest BCUT2D eigenvalue weighted by Crippen LogP contribution is -2.40. The second-order valence-corrected chi connectivity index (χ2v) is 9.55. The van der Waals surface area contributed by atoms with Crippen molar-refractivity contribution in [3.05, 3.63) is 40.7 Å². The average Bonchev–Trinajstić information content (AvgIpc) is 3.49. The largest absolute Gasteiger partial charge is 0.396 e. The minimum Gasteiger partial charge on any atom is -0.396 e. The third-order valence-corrected chi connectivity index (χ3v) is 7.68. The first-order chi connectivity index (χ1) is 17.1. The third-order valence-electron chi connectivity index (χ3n) is 7.68. The Hall–Kier alpha value is -3.55. The number of carbonyl (C=O) groups is 2. The predicted octanol–water partition coefficient (Wildman–Crippen LogP) is 2.46. The lowest BCUT2D eigenvalue weighted by molar-refractivity contribution is 0.111. The van der Waals surface area contributed by atoms with Gasteiger partial charge in [-0.2, -0.15) is 5.26 Å². The summed E-state index contributed by atoms with van der Waals surface area (Å²) in [5.74, 6) is 1.80. The van der Waals surface area contributed by atoms with Gasteiger partial charge in [0.05, 0.1) is 17.9 Å². The fourth-order valence-corrected chi connectivity index (χ4v) is 5.97. The Labute approximate surface area is 203 Å². The summed E-state index contributed by atoms with van der Waals surface area (Å²) in [5, 5.41) is 35.3. The molecule has 4 atom stereocenters. The molecule has 2 fully saturated rings. The molecule has 2 bridgehead atoms. The number of aliphatic hydroxyl groups excluding tert-OH is 2. The molecule has 1 aliphatic heterocycles. The highest BCUT2D eigenvalue weighted by molar-refractivity contribution is 6.01. The molecular weight excluding hydrogens is 448 g/mol. The molecule has 0 radical (unpaired) electrons. The molecule has 10 heteroatoms. The molecule has 2 aromatic heterocycles. The van der Waals surface area contributed by atoms with Gasteiger partial charge in [0.25, 0.3) is 0 Å². The van der Waals surface area contributed by atoms with Crippen molar-refractivity contribution >= 4 is 29.6 Å². The Morgan fingerprint density at radius 2 is 2.11 bits per heavy atom. The van der Waals surface area contributed by atoms with Crippen LogP contribution in [0.15, 0.2) is 18.3 Å². The molecule has 10 nitrogen and oxygen atoms in total. The van der Waals surface area contributed by atoms with Crippen molar-refractivity contribution in [3.8, 4) is 6.07 Å². The second kappa shape index (κ2) is 9.60. The van der Waals surface area contributed by atoms with Crippen LogP contribution in [0.25, 0.3) is 0 Å². The summed E-state index contributed by atoms with van der Waals surface area (Å²) in [7, 11) is 0. The van der Waals surface area contributed by atoms with Crippen LogP contribution in [-0.2, 0) is 13.0 Å². The van der Waals surface area contributed by atoms with Gasteiger partial charge in [-0.1, -0.05) is 0 Å². The zero-order chi connectivity index (χ0) is 24.5. The van der Waals surface area contributed by atoms with Crippen LogP contribution in [0.1, 0.15) is 52.9 Å². The average molecular weight is 477 g/mol. The van der Waals surface area contributed by atoms with E-state index in [1.54, 1.807) is 12.1 Å². The molecule has 2 aromatic rings. The maximum absolute atomic E-state index is 13.2. The fraction of sp³-hybridized carbons (Fsp3) is 0.480. The van der Waals surface area contributed by atoms with E-state index < -0.39 is 6.03 Å². The first-order valence-corrected chi connectivity index (χ1v) is 12.0. The summed E-state index contributed by atoms with van der Waals surface area (Å²) >= 11 is 0. The lowest BCUT2D eigenvalue weighted by atomic mass is 9.85. The number of fused-ring (bicyclic) bond motifs is 3. The summed E-state index contributed by atoms with van der Waals surface area (Å²) in [6.07, 6.45) is 6.74. The van der Waals surface area contributed by atoms with E-state index >= 15 is 0 Å². The number of hydrogen-bond donors (Lipinski definition) is 4. The summed E-state index contributed by atoms with van der Waals surface area (Å²) in [5.41, 5.74) is 2.30. The molecule has 2 saturated carbocycles. The van der Waals surface area contributed by atoms with Crippen molar-refractivity contribution in [1.29, 1.82) is 5.26 Å². The van der Waals surface area contributed by atoms with Gasteiger partial charge in [-0.15, -0.1) is 0 Å². The Balaban J connectivity index is 1.37. The zero-order valence-corrected chi connectivity index (χ0v) is 19.3. The van der Waals surface area contributed by atoms with Gasteiger partial charge in [0.1, 0.15) is 23.4 Å². The van der Waals surface area contributed by atoms with E-state index in [9.17, 15) is 25.1 Å². The number of aliphatic hydroxyl groups is 2. The molecule has 0 spiro atoms. The number of urea groups is 1. The number of hydrogen-bond acceptors (Lipinski definition) is 8. The SMILES string of the molecule is N#Cc1cnc(NC(=O)N2CCCc3cc(CO)c(C=O)nc32)cc1N[C@H]1[C@@H]2CC[C@@H](C2)[C@@H]1CO. The number of pyridine rings is 2. The van der Waals surface area contributed by atoms with Crippen molar-refractivity contribution in [2.24, 2.45) is 17.8 Å². The third kappa shape index (κ3) is 4.22. The standard InChI is InChI=1S/C25H28N6O4/c26-9-18-10-27-22(8-20(18)28-23-15-4-3-14(6-15)19(23)12-33)30-25(35)31-5-1-2-16-7-17(11-32)21(13-34)29-24(16)31/h7-8,10,13-15,19,23,32-33H,1-6,11-12H2,(H2,27,28,30,35)/t14-,15+,19-,23-/m0/s1. The van der Waals surface area contributed by atoms with E-state index in [1.807, 2.05) is 0 Å². The molecular formula is C25H28N6O4. The van der Waals surface area contributed by atoms with Crippen molar-refractivity contribution in [2.75, 3.05) is 28.7 Å². The van der Waals surface area contributed by atoms with E-state index in [2.05, 4.69) is 26.7 Å². The van der Waals surface area contributed by atoms with Gasteiger partial charge in [-0.3, -0.25) is 15.0 Å². The number of nitriles is 1. The lowest BCUT2D eigenvalue weighted by Gasteiger charge is -2.31. The Morgan fingerprint density at radius 1 is 1.29 bits per heavy atom. The van der Waals surface area contributed by atoms with Gasteiger partial charge in [-0.05, 0) is 55.6 Å². The molecule has 5 rings (SSSR count). The second-order valence-electron chi connectivity index (χ2n) is 9.55. The number of aldehydes is 1. The predicted molar refractivity (Wildman–Crippen MR) is 128 cm³/mol. The number of aromatic nitrogens is 2. The first kappa shape index (κ1) is 23.2. The van der Waals surface area contributed by atoms with E-state index in [-0.39, 0.29) is 36.7 Å². The summed E-state index contributed by atoms with van der Waals surface area (Å²) in [6, 6.07) is 5.17. The van der Waals surface area contributed by atoms with Crippen molar-refractivity contribution in [1.82, 2.24) is 9.97 Å². The molecule has 182 valence electrons. The van der Waals surface area contributed by atoms with Gasteiger partial charge < -0.3 is 15.5 Å². The van der Waals surface area contributed by atoms with Gasteiger partial charge in [-0.25, -0.2) is 14.8 Å². The fourth-order valence-electron chi connectivity index (χ4n) is 5.97. The van der Waals surface area contributed by atoms with Gasteiger partial charge in [0.15, 0.2) is 6.29 Å². The Bertz CT molecular complexity index is 1200. The number of anilines is 3. The van der Waals surface area contributed by atoms with Crippen LogP contribution in [0.3, 0.4) is 0 Å². The molecule has 35 heavy (non-hydrogen) atoms. The minimum absolute atomic E-state index is 0.0810. The number of nitrogens with zero attached hydrogens (tertiary/aromatic N) is 4. The van der Waals surface area contributed by atoms with Gasteiger partial charge in [0.2, 0.25) is 0 Å². The highest BCUT2D eigenvalue weighted by atomic mass is 16.3. The van der Waals surface area contributed by atoms with Crippen molar-refractivity contribution < 1.29 is 19.8 Å². The van der Waals surface area contributed by atoms with Crippen LogP contribution in [0.5, 0.6) is 0 Å². The molecule has 2 aliphatic carbocycles. The quantitative estimate of drug-likeness (QED) is 0.464. The van der Waals surface area contributed by atoms with Gasteiger partial charge in [0, 0.05) is 42.9 Å². The first-order valence-electron chi connectivity index (χ1n) is 12.0. The van der Waals surface area contributed by atoms with E-state index in [0.29, 0.717) is 60.1 Å². The van der Waals surface area contributed by atoms with Crippen LogP contribution < -0.4 is 15.5 Å². The van der Waals surface area contributed by atoms with Crippen LogP contribution >= 0.6 is 0 Å². The van der Waals surface area contributed by atoms with Crippen LogP contribution in [0, 0.1) is 29.1 Å². The highest BCUT2D eigenvalue weighted by Gasteiger charge is 2.47. The van der Waals surface area contributed by atoms with Gasteiger partial charge >= 0.3 is 6.03 Å². The van der Waals surface area contributed by atoms with E-state index in [1.165, 1.54) is 11.1 Å². The summed E-state index contributed by atoms with van der Waals surface area (Å²) < 4.78 is 0. The van der Waals surface area contributed by atoms with Crippen LogP contribution in [0.4, 0.5) is 22.1 Å². The molecule has 2 amide bonds. The number of carbonyl (C=O) groups excluding carboxylic acids is 2. The normalized spacial score (nSPS) is 24.5. The monoisotopic (exact) mass is 476 g/mol. The molecule has 0 unspecified atom stereocenters. The molecule has 3 aliphatic rings. The number of nitrogens with one attached hydrogen (secondary N) is 2. The van der Waals surface area contributed by atoms with E-state index in [4.69, 9.17) is 0 Å². The maximum Gasteiger partial charge on any atom is 0.328 e. The minimum atomic E-state index is -0.441. The summed E-state index contributed by atoms with van der Waals surface area (Å²) in [6.45, 7) is 0.232. The van der Waals surface area contributed by atoms with Crippen molar-refractivity contribution in [3.63, 3.8) is 0 Å². The molecule has 3 heterocycles. The Kier molecular flexibility index (Phi) is 6.36. The van der Waals surface area contributed by atoms with Crippen molar-refractivity contribution in [2.45, 2.75) is 44.8 Å². The highest BCUT2D eigenvalue weighted by Crippen LogP contribution is 2.49. The maximum atomic E-state index is 13.2. The number of amides is 2. The van der Waals surface area contributed by atoms with E-state index in [0.717, 1.165) is 24.8 Å². The van der Waals surface area contributed by atoms with Crippen LogP contribution in [-0.4, -0.2) is 51.7 Å². The molecule has 4 N–H and O–H groups in total. The summed E-state index contributed by atoms with van der Waals surface area (Å²) in [4.78, 5) is 34.6. The topological polar surface area (TPSA) is 151 Å². The smallest absolute Gasteiger partial charge is 0.328 e. The molecule has 0 saturated heterocycles.